The minimum atomic E-state index is -0.727. The van der Waals surface area contributed by atoms with Gasteiger partial charge in [0.05, 0.1) is 6.04 Å². The number of benzene rings is 1. The lowest BCUT2D eigenvalue weighted by molar-refractivity contribution is -0.137. The van der Waals surface area contributed by atoms with Crippen LogP contribution in [0.1, 0.15) is 55.7 Å². The van der Waals surface area contributed by atoms with Crippen molar-refractivity contribution >= 4 is 17.8 Å². The molecule has 2 fully saturated rings. The molecule has 0 radical (unpaired) electrons. The van der Waals surface area contributed by atoms with Crippen molar-refractivity contribution in [2.75, 3.05) is 13.6 Å². The van der Waals surface area contributed by atoms with Crippen LogP contribution in [-0.2, 0) is 16.0 Å². The second-order valence-electron chi connectivity index (χ2n) is 7.68. The summed E-state index contributed by atoms with van der Waals surface area (Å²) in [5.74, 6) is -0.471. The third-order valence-corrected chi connectivity index (χ3v) is 6.25. The lowest BCUT2D eigenvalue weighted by Crippen LogP contribution is -2.49. The molecule has 1 aliphatic heterocycles. The van der Waals surface area contributed by atoms with Gasteiger partial charge in [0.15, 0.2) is 0 Å². The molecular weight excluding hydrogens is 330 g/mol. The van der Waals surface area contributed by atoms with Crippen LogP contribution in [0.2, 0.25) is 0 Å². The van der Waals surface area contributed by atoms with E-state index < -0.39 is 5.54 Å². The highest BCUT2D eigenvalue weighted by Gasteiger charge is 2.55. The zero-order valence-corrected chi connectivity index (χ0v) is 15.2. The predicted molar refractivity (Wildman–Crippen MR) is 96.3 cm³/mol. The molecule has 6 nitrogen and oxygen atoms in total. The van der Waals surface area contributed by atoms with Gasteiger partial charge in [-0.05, 0) is 36.8 Å². The van der Waals surface area contributed by atoms with Gasteiger partial charge in [-0.25, -0.2) is 4.79 Å². The van der Waals surface area contributed by atoms with E-state index in [1.807, 2.05) is 18.2 Å². The highest BCUT2D eigenvalue weighted by atomic mass is 16.2. The Morgan fingerprint density at radius 1 is 1.19 bits per heavy atom. The lowest BCUT2D eigenvalue weighted by atomic mass is 9.81. The Kier molecular flexibility index (Phi) is 4.21. The summed E-state index contributed by atoms with van der Waals surface area (Å²) >= 11 is 0. The molecule has 1 atom stereocenters. The van der Waals surface area contributed by atoms with Gasteiger partial charge in [0.1, 0.15) is 12.1 Å². The van der Waals surface area contributed by atoms with E-state index in [1.165, 1.54) is 5.56 Å². The lowest BCUT2D eigenvalue weighted by Gasteiger charge is -2.35. The van der Waals surface area contributed by atoms with Crippen LogP contribution >= 0.6 is 0 Å². The summed E-state index contributed by atoms with van der Waals surface area (Å²) < 4.78 is 0. The number of carbonyl (C=O) groups is 3. The number of likely N-dealkylation sites (N-methyl/N-ethyl adjacent to an activating group) is 1. The molecule has 0 bridgehead atoms. The van der Waals surface area contributed by atoms with Gasteiger partial charge >= 0.3 is 6.03 Å². The first kappa shape index (κ1) is 17.1. The molecular formula is C20H25N3O3. The predicted octanol–water partition coefficient (Wildman–Crippen LogP) is 2.39. The maximum Gasteiger partial charge on any atom is 0.327 e. The van der Waals surface area contributed by atoms with Crippen molar-refractivity contribution in [3.8, 4) is 0 Å². The summed E-state index contributed by atoms with van der Waals surface area (Å²) in [5, 5.41) is 3.01. The quantitative estimate of drug-likeness (QED) is 0.847. The third-order valence-electron chi connectivity index (χ3n) is 6.25. The van der Waals surface area contributed by atoms with Gasteiger partial charge in [-0.15, -0.1) is 0 Å². The van der Waals surface area contributed by atoms with Gasteiger partial charge in [-0.1, -0.05) is 43.5 Å². The van der Waals surface area contributed by atoms with Crippen LogP contribution in [0.3, 0.4) is 0 Å². The molecule has 6 heteroatoms. The molecule has 4 rings (SSSR count). The highest BCUT2D eigenvalue weighted by Crippen LogP contribution is 2.39. The summed E-state index contributed by atoms with van der Waals surface area (Å²) in [6.45, 7) is -0.192. The minimum absolute atomic E-state index is 0.0344. The van der Waals surface area contributed by atoms with Gasteiger partial charge in [-0.3, -0.25) is 14.5 Å². The first-order valence-corrected chi connectivity index (χ1v) is 9.50. The zero-order chi connectivity index (χ0) is 18.3. The fraction of sp³-hybridized carbons (Fsp3) is 0.550. The minimum Gasteiger partial charge on any atom is -0.348 e. The number of nitrogens with one attached hydrogen (secondary N) is 1. The largest absolute Gasteiger partial charge is 0.348 e. The van der Waals surface area contributed by atoms with E-state index in [0.29, 0.717) is 12.8 Å². The Labute approximate surface area is 153 Å². The summed E-state index contributed by atoms with van der Waals surface area (Å²) in [6.07, 6.45) is 6.18. The summed E-state index contributed by atoms with van der Waals surface area (Å²) in [4.78, 5) is 40.8. The number of imide groups is 1. The van der Waals surface area contributed by atoms with E-state index in [0.717, 1.165) is 42.6 Å². The van der Waals surface area contributed by atoms with E-state index in [9.17, 15) is 14.4 Å². The van der Waals surface area contributed by atoms with Crippen molar-refractivity contribution in [2.24, 2.45) is 0 Å². The number of hydrogen-bond donors (Lipinski definition) is 1. The number of rotatable bonds is 3. The van der Waals surface area contributed by atoms with Crippen molar-refractivity contribution in [1.82, 2.24) is 15.1 Å². The molecule has 2 aliphatic carbocycles. The van der Waals surface area contributed by atoms with E-state index in [-0.39, 0.29) is 30.4 Å². The topological polar surface area (TPSA) is 69.7 Å². The number of carbonyl (C=O) groups excluding carboxylic acids is 3. The molecule has 0 aromatic heterocycles. The number of urea groups is 1. The van der Waals surface area contributed by atoms with Crippen LogP contribution in [0.25, 0.3) is 0 Å². The zero-order valence-electron chi connectivity index (χ0n) is 15.2. The molecule has 138 valence electrons. The van der Waals surface area contributed by atoms with Crippen LogP contribution in [0.5, 0.6) is 0 Å². The number of hydrogen-bond acceptors (Lipinski definition) is 3. The van der Waals surface area contributed by atoms with Crippen LogP contribution < -0.4 is 5.32 Å². The van der Waals surface area contributed by atoms with Crippen molar-refractivity contribution in [3.05, 3.63) is 35.4 Å². The number of amides is 4. The Balaban J connectivity index is 1.45. The molecule has 1 saturated carbocycles. The maximum atomic E-state index is 13.0. The second kappa shape index (κ2) is 6.41. The second-order valence-corrected chi connectivity index (χ2v) is 7.68. The van der Waals surface area contributed by atoms with E-state index in [2.05, 4.69) is 11.4 Å². The van der Waals surface area contributed by atoms with E-state index in [4.69, 9.17) is 0 Å². The highest BCUT2D eigenvalue weighted by molar-refractivity contribution is 6.09. The van der Waals surface area contributed by atoms with Crippen LogP contribution in [-0.4, -0.2) is 46.8 Å². The van der Waals surface area contributed by atoms with Crippen molar-refractivity contribution < 1.29 is 14.4 Å². The molecule has 4 amide bonds. The Bertz CT molecular complexity index is 754. The first-order valence-electron chi connectivity index (χ1n) is 9.50. The monoisotopic (exact) mass is 355 g/mol. The van der Waals surface area contributed by atoms with Crippen molar-refractivity contribution in [3.63, 3.8) is 0 Å². The number of fused-ring (bicyclic) bond motifs is 1. The normalized spacial score (nSPS) is 24.3. The Morgan fingerprint density at radius 2 is 1.92 bits per heavy atom. The average Bonchev–Trinajstić information content (AvgIpc) is 3.13. The molecule has 1 spiro atoms. The van der Waals surface area contributed by atoms with Crippen molar-refractivity contribution in [2.45, 2.75) is 56.5 Å². The van der Waals surface area contributed by atoms with Gasteiger partial charge in [0.2, 0.25) is 5.91 Å². The van der Waals surface area contributed by atoms with Gasteiger partial charge < -0.3 is 10.2 Å². The number of nitrogens with zero attached hydrogens (tertiary/aromatic N) is 2. The molecule has 1 aromatic carbocycles. The fourth-order valence-electron chi connectivity index (χ4n) is 4.76. The average molecular weight is 355 g/mol. The maximum absolute atomic E-state index is 13.0. The van der Waals surface area contributed by atoms with Crippen LogP contribution in [0.4, 0.5) is 4.79 Å². The van der Waals surface area contributed by atoms with Crippen molar-refractivity contribution in [1.29, 1.82) is 0 Å². The molecule has 1 saturated heterocycles. The standard InChI is InChI=1S/C20H25N3O3/c1-22-19(26)23(18(25)20(22)11-5-2-6-12-20)13-17(24)21-16-10-9-14-7-3-4-8-15(14)16/h3-4,7-8,16H,2,5-6,9-13H2,1H3,(H,21,24). The van der Waals surface area contributed by atoms with Crippen LogP contribution in [0, 0.1) is 0 Å². The first-order chi connectivity index (χ1) is 12.5. The summed E-state index contributed by atoms with van der Waals surface area (Å²) in [5.41, 5.74) is 1.67. The van der Waals surface area contributed by atoms with Gasteiger partial charge in [0, 0.05) is 7.05 Å². The SMILES string of the molecule is CN1C(=O)N(CC(=O)NC2CCc3ccccc32)C(=O)C12CCCCC2. The molecule has 1 unspecified atom stereocenters. The summed E-state index contributed by atoms with van der Waals surface area (Å²) in [7, 11) is 1.69. The molecule has 1 heterocycles. The molecule has 1 N–H and O–H groups in total. The number of aryl methyl sites for hydroxylation is 1. The smallest absolute Gasteiger partial charge is 0.327 e. The summed E-state index contributed by atoms with van der Waals surface area (Å²) in [6, 6.07) is 7.70. The molecule has 26 heavy (non-hydrogen) atoms. The van der Waals surface area contributed by atoms with Gasteiger partial charge in [0.25, 0.3) is 5.91 Å². The van der Waals surface area contributed by atoms with E-state index >= 15 is 0 Å². The van der Waals surface area contributed by atoms with Gasteiger partial charge in [-0.2, -0.15) is 0 Å². The third kappa shape index (κ3) is 2.59. The molecule has 3 aliphatic rings. The fourth-order valence-corrected chi connectivity index (χ4v) is 4.76. The van der Waals surface area contributed by atoms with E-state index in [1.54, 1.807) is 11.9 Å². The Hall–Kier alpha value is -2.37. The molecule has 1 aromatic rings. The Morgan fingerprint density at radius 3 is 2.69 bits per heavy atom. The van der Waals surface area contributed by atoms with Crippen LogP contribution in [0.15, 0.2) is 24.3 Å².